The molecule has 0 aliphatic heterocycles. The molecule has 0 aliphatic rings. The molecule has 0 fully saturated rings. The Hall–Kier alpha value is -1.05. The molecule has 0 aromatic carbocycles. The zero-order valence-corrected chi connectivity index (χ0v) is 7.81. The van der Waals surface area contributed by atoms with Crippen LogP contribution < -0.4 is 0 Å². The summed E-state index contributed by atoms with van der Waals surface area (Å²) in [7, 11) is 0. The van der Waals surface area contributed by atoms with Crippen LogP contribution in [0, 0.1) is 13.8 Å². The Morgan fingerprint density at radius 1 is 1.50 bits per heavy atom. The van der Waals surface area contributed by atoms with E-state index in [0.29, 0.717) is 12.2 Å². The second-order valence-electron chi connectivity index (χ2n) is 3.02. The summed E-state index contributed by atoms with van der Waals surface area (Å²) in [5.41, 5.74) is 1.05. The smallest absolute Gasteiger partial charge is 0.197 e. The van der Waals surface area contributed by atoms with Crippen LogP contribution in [0.1, 0.15) is 41.6 Å². The average molecular weight is 166 g/mol. The van der Waals surface area contributed by atoms with Gasteiger partial charge in [-0.3, -0.25) is 4.79 Å². The van der Waals surface area contributed by atoms with Gasteiger partial charge < -0.3 is 4.42 Å². The SMILES string of the molecule is CCCC(=O)c1cc(C)c(C)o1. The van der Waals surface area contributed by atoms with Crippen molar-refractivity contribution < 1.29 is 9.21 Å². The van der Waals surface area contributed by atoms with Crippen molar-refractivity contribution in [1.29, 1.82) is 0 Å². The van der Waals surface area contributed by atoms with E-state index in [1.807, 2.05) is 26.8 Å². The van der Waals surface area contributed by atoms with Gasteiger partial charge in [0.25, 0.3) is 0 Å². The lowest BCUT2D eigenvalue weighted by atomic mass is 10.2. The molecule has 2 heteroatoms. The molecule has 0 saturated heterocycles. The molecule has 0 radical (unpaired) electrons. The minimum atomic E-state index is 0.105. The fraction of sp³-hybridized carbons (Fsp3) is 0.500. The van der Waals surface area contributed by atoms with Crippen LogP contribution in [0.25, 0.3) is 0 Å². The van der Waals surface area contributed by atoms with Gasteiger partial charge in [-0.05, 0) is 31.9 Å². The summed E-state index contributed by atoms with van der Waals surface area (Å²) in [5, 5.41) is 0. The number of carbonyl (C=O) groups is 1. The number of hydrogen-bond donors (Lipinski definition) is 0. The van der Waals surface area contributed by atoms with E-state index in [2.05, 4.69) is 0 Å². The maximum Gasteiger partial charge on any atom is 0.197 e. The Morgan fingerprint density at radius 2 is 2.17 bits per heavy atom. The van der Waals surface area contributed by atoms with E-state index in [-0.39, 0.29) is 5.78 Å². The van der Waals surface area contributed by atoms with E-state index in [0.717, 1.165) is 17.7 Å². The molecule has 1 aromatic heterocycles. The molecule has 0 saturated carbocycles. The van der Waals surface area contributed by atoms with Gasteiger partial charge in [0.2, 0.25) is 0 Å². The number of hydrogen-bond acceptors (Lipinski definition) is 2. The van der Waals surface area contributed by atoms with Crippen LogP contribution in [0.2, 0.25) is 0 Å². The first kappa shape index (κ1) is 9.04. The Balaban J connectivity index is 2.82. The highest BCUT2D eigenvalue weighted by molar-refractivity contribution is 5.93. The third kappa shape index (κ3) is 1.76. The highest BCUT2D eigenvalue weighted by Gasteiger charge is 2.10. The van der Waals surface area contributed by atoms with E-state index in [4.69, 9.17) is 4.42 Å². The fourth-order valence-corrected chi connectivity index (χ4v) is 1.06. The molecule has 0 unspecified atom stereocenters. The Labute approximate surface area is 72.6 Å². The lowest BCUT2D eigenvalue weighted by Gasteiger charge is -1.91. The van der Waals surface area contributed by atoms with Crippen molar-refractivity contribution in [3.05, 3.63) is 23.2 Å². The van der Waals surface area contributed by atoms with Gasteiger partial charge in [0, 0.05) is 6.42 Å². The zero-order valence-electron chi connectivity index (χ0n) is 7.81. The number of furan rings is 1. The maximum atomic E-state index is 11.3. The lowest BCUT2D eigenvalue weighted by molar-refractivity contribution is 0.0953. The van der Waals surface area contributed by atoms with E-state index in [9.17, 15) is 4.79 Å². The van der Waals surface area contributed by atoms with Gasteiger partial charge in [-0.1, -0.05) is 6.92 Å². The monoisotopic (exact) mass is 166 g/mol. The first-order valence-electron chi connectivity index (χ1n) is 4.25. The van der Waals surface area contributed by atoms with Crippen LogP contribution in [-0.4, -0.2) is 5.78 Å². The second-order valence-corrected chi connectivity index (χ2v) is 3.02. The highest BCUT2D eigenvalue weighted by Crippen LogP contribution is 2.15. The van der Waals surface area contributed by atoms with Crippen LogP contribution in [-0.2, 0) is 0 Å². The topological polar surface area (TPSA) is 30.2 Å². The number of rotatable bonds is 3. The molecule has 0 amide bonds. The molecule has 1 rings (SSSR count). The summed E-state index contributed by atoms with van der Waals surface area (Å²) in [6.07, 6.45) is 1.45. The Bertz CT molecular complexity index is 265. The van der Waals surface area contributed by atoms with Crippen molar-refractivity contribution in [2.24, 2.45) is 0 Å². The number of Topliss-reactive ketones (excluding diaryl/α,β-unsaturated/α-hetero) is 1. The molecule has 0 N–H and O–H groups in total. The predicted octanol–water partition coefficient (Wildman–Crippen LogP) is 2.88. The normalized spacial score (nSPS) is 10.2. The first-order valence-corrected chi connectivity index (χ1v) is 4.25. The Morgan fingerprint density at radius 3 is 2.58 bits per heavy atom. The van der Waals surface area contributed by atoms with Crippen LogP contribution in [0.3, 0.4) is 0 Å². The van der Waals surface area contributed by atoms with Crippen LogP contribution >= 0.6 is 0 Å². The lowest BCUT2D eigenvalue weighted by Crippen LogP contribution is -1.94. The summed E-state index contributed by atoms with van der Waals surface area (Å²) in [5.74, 6) is 1.45. The standard InChI is InChI=1S/C10H14O2/c1-4-5-9(11)10-6-7(2)8(3)12-10/h6H,4-5H2,1-3H3. The molecular weight excluding hydrogens is 152 g/mol. The Kier molecular flexibility index (Phi) is 2.69. The van der Waals surface area contributed by atoms with Crippen molar-refractivity contribution in [2.45, 2.75) is 33.6 Å². The third-order valence-corrected chi connectivity index (χ3v) is 1.92. The largest absolute Gasteiger partial charge is 0.458 e. The maximum absolute atomic E-state index is 11.3. The average Bonchev–Trinajstić information content (AvgIpc) is 2.33. The quantitative estimate of drug-likeness (QED) is 0.646. The van der Waals surface area contributed by atoms with Crippen molar-refractivity contribution in [1.82, 2.24) is 0 Å². The molecule has 12 heavy (non-hydrogen) atoms. The first-order chi connectivity index (χ1) is 5.65. The van der Waals surface area contributed by atoms with Gasteiger partial charge in [-0.2, -0.15) is 0 Å². The number of aryl methyl sites for hydroxylation is 2. The van der Waals surface area contributed by atoms with Crippen molar-refractivity contribution in [2.75, 3.05) is 0 Å². The second kappa shape index (κ2) is 3.57. The van der Waals surface area contributed by atoms with E-state index >= 15 is 0 Å². The minimum Gasteiger partial charge on any atom is -0.458 e. The van der Waals surface area contributed by atoms with Crippen LogP contribution in [0.15, 0.2) is 10.5 Å². The molecule has 0 spiro atoms. The van der Waals surface area contributed by atoms with Gasteiger partial charge in [0.15, 0.2) is 11.5 Å². The molecule has 1 heterocycles. The van der Waals surface area contributed by atoms with Crippen LogP contribution in [0.5, 0.6) is 0 Å². The van der Waals surface area contributed by atoms with E-state index in [1.54, 1.807) is 0 Å². The summed E-state index contributed by atoms with van der Waals surface area (Å²) in [4.78, 5) is 11.3. The van der Waals surface area contributed by atoms with Crippen molar-refractivity contribution in [3.8, 4) is 0 Å². The van der Waals surface area contributed by atoms with Gasteiger partial charge in [0.1, 0.15) is 5.76 Å². The van der Waals surface area contributed by atoms with Crippen LogP contribution in [0.4, 0.5) is 0 Å². The molecule has 2 nitrogen and oxygen atoms in total. The number of carbonyl (C=O) groups excluding carboxylic acids is 1. The molecule has 0 atom stereocenters. The zero-order chi connectivity index (χ0) is 9.14. The molecule has 66 valence electrons. The fourth-order valence-electron chi connectivity index (χ4n) is 1.06. The van der Waals surface area contributed by atoms with Crippen molar-refractivity contribution >= 4 is 5.78 Å². The van der Waals surface area contributed by atoms with Gasteiger partial charge >= 0.3 is 0 Å². The molecule has 0 aliphatic carbocycles. The summed E-state index contributed by atoms with van der Waals surface area (Å²) in [6.45, 7) is 5.81. The summed E-state index contributed by atoms with van der Waals surface area (Å²) in [6, 6.07) is 1.81. The van der Waals surface area contributed by atoms with Gasteiger partial charge in [0.05, 0.1) is 0 Å². The predicted molar refractivity (Wildman–Crippen MR) is 47.4 cm³/mol. The van der Waals surface area contributed by atoms with E-state index in [1.165, 1.54) is 0 Å². The number of ketones is 1. The molecule has 0 bridgehead atoms. The van der Waals surface area contributed by atoms with E-state index < -0.39 is 0 Å². The summed E-state index contributed by atoms with van der Waals surface area (Å²) >= 11 is 0. The molecular formula is C10H14O2. The van der Waals surface area contributed by atoms with Gasteiger partial charge in [-0.15, -0.1) is 0 Å². The third-order valence-electron chi connectivity index (χ3n) is 1.92. The summed E-state index contributed by atoms with van der Waals surface area (Å²) < 4.78 is 5.28. The minimum absolute atomic E-state index is 0.105. The van der Waals surface area contributed by atoms with Gasteiger partial charge in [-0.25, -0.2) is 0 Å². The molecule has 1 aromatic rings. The van der Waals surface area contributed by atoms with Crippen molar-refractivity contribution in [3.63, 3.8) is 0 Å². The highest BCUT2D eigenvalue weighted by atomic mass is 16.3.